The third-order valence-corrected chi connectivity index (χ3v) is 5.80. The molecule has 1 aliphatic rings. The summed E-state index contributed by atoms with van der Waals surface area (Å²) in [6, 6.07) is 7.70. The molecule has 1 aromatic carbocycles. The van der Waals surface area contributed by atoms with Crippen molar-refractivity contribution in [1.29, 1.82) is 0 Å². The summed E-state index contributed by atoms with van der Waals surface area (Å²) in [7, 11) is 5.43. The number of hydrogen-bond donors (Lipinski definition) is 0. The molecule has 10 heteroatoms. The molecule has 0 unspecified atom stereocenters. The number of aryl methyl sites for hydroxylation is 1. The Balaban J connectivity index is 1.51. The number of carbonyl (C=O) groups excluding carboxylic acids is 1. The first-order valence-corrected chi connectivity index (χ1v) is 9.81. The van der Waals surface area contributed by atoms with Crippen LogP contribution in [0.2, 0.25) is 0 Å². The molecule has 0 radical (unpaired) electrons. The molecule has 0 saturated heterocycles. The average Bonchev–Trinajstić information content (AvgIpc) is 3.19. The van der Waals surface area contributed by atoms with Crippen LogP contribution in [0.3, 0.4) is 0 Å². The molecule has 0 N–H and O–H groups in total. The summed E-state index contributed by atoms with van der Waals surface area (Å²) in [6.45, 7) is -0.194. The van der Waals surface area contributed by atoms with Gasteiger partial charge in [0.2, 0.25) is 0 Å². The number of rotatable bonds is 3. The van der Waals surface area contributed by atoms with Crippen LogP contribution in [0.15, 0.2) is 48.9 Å². The number of benzene rings is 1. The lowest BCUT2D eigenvalue weighted by atomic mass is 9.59. The summed E-state index contributed by atoms with van der Waals surface area (Å²) >= 11 is 0. The molecule has 5 rings (SSSR count). The molecule has 4 heterocycles. The van der Waals surface area contributed by atoms with E-state index in [1.165, 1.54) is 17.0 Å². The Labute approximate surface area is 178 Å². The van der Waals surface area contributed by atoms with Gasteiger partial charge in [-0.1, -0.05) is 0 Å². The number of carbonyl (C=O) groups is 1. The lowest BCUT2D eigenvalue weighted by Gasteiger charge is -2.32. The Hall–Kier alpha value is -3.55. The van der Waals surface area contributed by atoms with Crippen LogP contribution in [0.5, 0.6) is 0 Å². The minimum absolute atomic E-state index is 0.159. The molecule has 4 aromatic rings. The predicted molar refractivity (Wildman–Crippen MR) is 117 cm³/mol. The largest absolute Gasteiger partial charge is 0.339 e. The molecule has 1 amide bonds. The van der Waals surface area contributed by atoms with Gasteiger partial charge >= 0.3 is 0 Å². The highest BCUT2D eigenvalue weighted by Crippen LogP contribution is 2.35. The maximum absolute atomic E-state index is 15.0. The number of nitrogens with zero attached hydrogens (tertiary/aromatic N) is 5. The Morgan fingerprint density at radius 1 is 1.10 bits per heavy atom. The first-order chi connectivity index (χ1) is 14.8. The summed E-state index contributed by atoms with van der Waals surface area (Å²) in [5.74, 6) is -1.72. The van der Waals surface area contributed by atoms with E-state index in [0.717, 1.165) is 5.39 Å². The fourth-order valence-electron chi connectivity index (χ4n) is 4.13. The predicted octanol–water partition coefficient (Wildman–Crippen LogP) is 1.34. The second-order valence-corrected chi connectivity index (χ2v) is 8.21. The first kappa shape index (κ1) is 19.4. The Kier molecular flexibility index (Phi) is 4.22. The van der Waals surface area contributed by atoms with E-state index in [0.29, 0.717) is 28.0 Å². The Morgan fingerprint density at radius 3 is 2.55 bits per heavy atom. The summed E-state index contributed by atoms with van der Waals surface area (Å²) in [4.78, 5) is 22.9. The van der Waals surface area contributed by atoms with Crippen molar-refractivity contribution < 1.29 is 13.6 Å². The number of halogens is 2. The van der Waals surface area contributed by atoms with Crippen molar-refractivity contribution in [2.75, 3.05) is 0 Å². The zero-order valence-electron chi connectivity index (χ0n) is 17.2. The SMILES string of the molecule is BC1(B)c2ncccc2C(=O)N1Cc1c(F)cc(-c2cnc3nn(C)cc3c2)cc1F. The molecule has 6 nitrogen and oxygen atoms in total. The van der Waals surface area contributed by atoms with Gasteiger partial charge in [0.05, 0.1) is 17.8 Å². The van der Waals surface area contributed by atoms with Crippen molar-refractivity contribution in [2.24, 2.45) is 7.05 Å². The summed E-state index contributed by atoms with van der Waals surface area (Å²) < 4.78 is 31.7. The van der Waals surface area contributed by atoms with Crippen LogP contribution < -0.4 is 0 Å². The lowest BCUT2D eigenvalue weighted by Crippen LogP contribution is -2.45. The smallest absolute Gasteiger partial charge is 0.255 e. The van der Waals surface area contributed by atoms with E-state index in [4.69, 9.17) is 0 Å². The molecule has 3 aromatic heterocycles. The topological polar surface area (TPSA) is 63.9 Å². The Morgan fingerprint density at radius 2 is 1.84 bits per heavy atom. The van der Waals surface area contributed by atoms with Crippen LogP contribution >= 0.6 is 0 Å². The van der Waals surface area contributed by atoms with Crippen molar-refractivity contribution in [1.82, 2.24) is 24.6 Å². The van der Waals surface area contributed by atoms with Crippen molar-refractivity contribution >= 4 is 32.6 Å². The quantitative estimate of drug-likeness (QED) is 0.474. The van der Waals surface area contributed by atoms with Gasteiger partial charge in [0.25, 0.3) is 5.91 Å². The molecule has 152 valence electrons. The van der Waals surface area contributed by atoms with Crippen LogP contribution in [0.25, 0.3) is 22.2 Å². The van der Waals surface area contributed by atoms with E-state index in [1.54, 1.807) is 48.5 Å². The molecule has 1 aliphatic heterocycles. The molecule has 0 atom stereocenters. The molecule has 0 saturated carbocycles. The van der Waals surface area contributed by atoms with Gasteiger partial charge in [-0.25, -0.2) is 13.8 Å². The van der Waals surface area contributed by atoms with Crippen LogP contribution in [0, 0.1) is 11.6 Å². The number of fused-ring (bicyclic) bond motifs is 2. The molecule has 0 spiro atoms. The van der Waals surface area contributed by atoms with E-state index in [2.05, 4.69) is 15.1 Å². The van der Waals surface area contributed by atoms with Crippen molar-refractivity contribution in [3.05, 3.63) is 77.4 Å². The van der Waals surface area contributed by atoms with Gasteiger partial charge < -0.3 is 4.90 Å². The second kappa shape index (κ2) is 6.73. The fraction of sp³-hybridized carbons (Fsp3) is 0.143. The molecule has 0 bridgehead atoms. The molecule has 0 aliphatic carbocycles. The van der Waals surface area contributed by atoms with Crippen molar-refractivity contribution in [3.63, 3.8) is 0 Å². The first-order valence-electron chi connectivity index (χ1n) is 9.81. The van der Waals surface area contributed by atoms with Crippen LogP contribution in [0.1, 0.15) is 21.6 Å². The van der Waals surface area contributed by atoms with Gasteiger partial charge in [-0.3, -0.25) is 14.5 Å². The molecule has 31 heavy (non-hydrogen) atoms. The van der Waals surface area contributed by atoms with E-state index in [9.17, 15) is 4.79 Å². The van der Waals surface area contributed by atoms with E-state index in [1.807, 2.05) is 15.7 Å². The standard InChI is InChI=1S/C21H17B2F2N5O/c1-29-9-13-5-12(8-27-19(13)28-29)11-6-16(24)15(17(25)7-11)10-30-20(31)14-3-2-4-26-18(14)21(30,22)23/h2-9H,10,22-23H2,1H3. The van der Waals surface area contributed by atoms with Crippen LogP contribution in [-0.4, -0.2) is 46.2 Å². The van der Waals surface area contributed by atoms with E-state index >= 15 is 8.78 Å². The maximum atomic E-state index is 15.0. The van der Waals surface area contributed by atoms with Gasteiger partial charge in [0.15, 0.2) is 5.65 Å². The maximum Gasteiger partial charge on any atom is 0.255 e. The van der Waals surface area contributed by atoms with E-state index in [-0.39, 0.29) is 18.0 Å². The van der Waals surface area contributed by atoms with Crippen LogP contribution in [0.4, 0.5) is 8.78 Å². The fourth-order valence-corrected chi connectivity index (χ4v) is 4.13. The molecular formula is C21H17B2F2N5O. The van der Waals surface area contributed by atoms with Crippen molar-refractivity contribution in [2.45, 2.75) is 11.9 Å². The number of aromatic nitrogens is 4. The average molecular weight is 415 g/mol. The van der Waals surface area contributed by atoms with Gasteiger partial charge in [-0.2, -0.15) is 5.10 Å². The lowest BCUT2D eigenvalue weighted by molar-refractivity contribution is 0.0727. The van der Waals surface area contributed by atoms with Crippen LogP contribution in [-0.2, 0) is 18.9 Å². The number of pyridine rings is 2. The van der Waals surface area contributed by atoms with Gasteiger partial charge in [0.1, 0.15) is 27.3 Å². The van der Waals surface area contributed by atoms with Crippen molar-refractivity contribution in [3.8, 4) is 11.1 Å². The zero-order chi connectivity index (χ0) is 21.9. The zero-order valence-corrected chi connectivity index (χ0v) is 17.2. The normalized spacial score (nSPS) is 14.9. The summed E-state index contributed by atoms with van der Waals surface area (Å²) in [6.07, 6.45) is 4.94. The third kappa shape index (κ3) is 3.01. The molecule has 0 fully saturated rings. The van der Waals surface area contributed by atoms with Gasteiger partial charge in [-0.05, 0) is 35.9 Å². The Bertz CT molecular complexity index is 1350. The highest BCUT2D eigenvalue weighted by Gasteiger charge is 2.44. The monoisotopic (exact) mass is 415 g/mol. The third-order valence-electron chi connectivity index (χ3n) is 5.80. The molecular weight excluding hydrogens is 398 g/mol. The minimum atomic E-state index is -0.777. The van der Waals surface area contributed by atoms with Gasteiger partial charge in [-0.15, -0.1) is 0 Å². The highest BCUT2D eigenvalue weighted by molar-refractivity contribution is 6.42. The minimum Gasteiger partial charge on any atom is -0.339 e. The highest BCUT2D eigenvalue weighted by atomic mass is 19.1. The van der Waals surface area contributed by atoms with E-state index < -0.39 is 17.0 Å². The number of hydrogen-bond acceptors (Lipinski definition) is 4. The summed E-state index contributed by atoms with van der Waals surface area (Å²) in [5, 5.41) is 4.21. The number of amides is 1. The second-order valence-electron chi connectivity index (χ2n) is 8.21. The summed E-state index contributed by atoms with van der Waals surface area (Å²) in [5.41, 5.74) is 2.42. The van der Waals surface area contributed by atoms with Gasteiger partial charge in [0, 0.05) is 47.5 Å².